The lowest BCUT2D eigenvalue weighted by Crippen LogP contribution is -2.12. The minimum Gasteiger partial charge on any atom is -0.412 e. The van der Waals surface area contributed by atoms with Gasteiger partial charge >= 0.3 is 11.8 Å². The van der Waals surface area contributed by atoms with Crippen LogP contribution in [0, 0.1) is 5.82 Å². The maximum absolute atomic E-state index is 12.9. The minimum atomic E-state index is -0.553. The van der Waals surface area contributed by atoms with Gasteiger partial charge in [0.25, 0.3) is 0 Å². The van der Waals surface area contributed by atoms with Gasteiger partial charge in [0.05, 0.1) is 0 Å². The molecule has 0 aliphatic heterocycles. The highest BCUT2D eigenvalue weighted by molar-refractivity contribution is 6.30. The number of benzene rings is 2. The highest BCUT2D eigenvalue weighted by Crippen LogP contribution is 2.19. The molecule has 0 spiro atoms. The first kappa shape index (κ1) is 14.2. The molecule has 1 N–H and O–H groups in total. The lowest BCUT2D eigenvalue weighted by molar-refractivity contribution is 0.0991. The molecule has 0 aliphatic carbocycles. The third kappa shape index (κ3) is 3.12. The van der Waals surface area contributed by atoms with Crippen molar-refractivity contribution in [3.8, 4) is 11.5 Å². The van der Waals surface area contributed by atoms with Crippen molar-refractivity contribution in [2.45, 2.75) is 0 Å². The minimum absolute atomic E-state index is 0.135. The molecule has 0 radical (unpaired) electrons. The molecule has 0 fully saturated rings. The second-order valence-electron chi connectivity index (χ2n) is 4.38. The fourth-order valence-corrected chi connectivity index (χ4v) is 1.97. The lowest BCUT2D eigenvalue weighted by atomic mass is 10.2. The molecule has 0 aliphatic rings. The van der Waals surface area contributed by atoms with E-state index in [1.807, 2.05) is 0 Å². The van der Waals surface area contributed by atoms with E-state index in [1.165, 1.54) is 24.3 Å². The van der Waals surface area contributed by atoms with Crippen LogP contribution in [0.5, 0.6) is 0 Å². The van der Waals surface area contributed by atoms with Gasteiger partial charge in [-0.2, -0.15) is 0 Å². The second kappa shape index (κ2) is 5.95. The zero-order valence-corrected chi connectivity index (χ0v) is 11.8. The quantitative estimate of drug-likeness (QED) is 0.798. The lowest BCUT2D eigenvalue weighted by Gasteiger charge is -2.01. The van der Waals surface area contributed by atoms with Gasteiger partial charge < -0.3 is 9.73 Å². The maximum atomic E-state index is 12.9. The summed E-state index contributed by atoms with van der Waals surface area (Å²) in [7, 11) is 0. The van der Waals surface area contributed by atoms with Crippen LogP contribution in [-0.4, -0.2) is 16.1 Å². The molecule has 2 aromatic carbocycles. The van der Waals surface area contributed by atoms with Crippen LogP contribution in [0.4, 0.5) is 10.1 Å². The third-order valence-electron chi connectivity index (χ3n) is 2.79. The van der Waals surface area contributed by atoms with E-state index >= 15 is 0 Å². The number of rotatable bonds is 3. The molecular formula is C15H9ClFN3O2. The Morgan fingerprint density at radius 1 is 1.14 bits per heavy atom. The molecule has 110 valence electrons. The van der Waals surface area contributed by atoms with Crippen LogP contribution in [-0.2, 0) is 0 Å². The Hall–Kier alpha value is -2.73. The van der Waals surface area contributed by atoms with Gasteiger partial charge in [0.15, 0.2) is 0 Å². The van der Waals surface area contributed by atoms with E-state index in [9.17, 15) is 9.18 Å². The fourth-order valence-electron chi connectivity index (χ4n) is 1.77. The molecule has 0 saturated heterocycles. The summed E-state index contributed by atoms with van der Waals surface area (Å²) in [5.74, 6) is -0.985. The average Bonchev–Trinajstić information content (AvgIpc) is 2.98. The summed E-state index contributed by atoms with van der Waals surface area (Å²) in [6, 6.07) is 12.2. The van der Waals surface area contributed by atoms with Crippen molar-refractivity contribution in [2.24, 2.45) is 0 Å². The van der Waals surface area contributed by atoms with Gasteiger partial charge in [0.1, 0.15) is 5.82 Å². The van der Waals surface area contributed by atoms with Crippen LogP contribution in [0.1, 0.15) is 10.7 Å². The van der Waals surface area contributed by atoms with E-state index in [2.05, 4.69) is 15.5 Å². The molecule has 0 atom stereocenters. The van der Waals surface area contributed by atoms with Crippen LogP contribution < -0.4 is 5.32 Å². The Morgan fingerprint density at radius 3 is 2.64 bits per heavy atom. The Kier molecular flexibility index (Phi) is 3.84. The van der Waals surface area contributed by atoms with Crippen molar-refractivity contribution in [1.29, 1.82) is 0 Å². The zero-order chi connectivity index (χ0) is 15.5. The van der Waals surface area contributed by atoms with Crippen molar-refractivity contribution >= 4 is 23.2 Å². The predicted molar refractivity (Wildman–Crippen MR) is 79.1 cm³/mol. The summed E-state index contributed by atoms with van der Waals surface area (Å²) in [5.41, 5.74) is 1.04. The van der Waals surface area contributed by atoms with Gasteiger partial charge in [-0.1, -0.05) is 17.7 Å². The topological polar surface area (TPSA) is 68.0 Å². The van der Waals surface area contributed by atoms with Gasteiger partial charge in [-0.15, -0.1) is 10.2 Å². The monoisotopic (exact) mass is 317 g/mol. The van der Waals surface area contributed by atoms with Crippen molar-refractivity contribution in [3.05, 3.63) is 65.3 Å². The summed E-state index contributed by atoms with van der Waals surface area (Å²) < 4.78 is 18.2. The average molecular weight is 318 g/mol. The summed E-state index contributed by atoms with van der Waals surface area (Å²) in [6.45, 7) is 0. The van der Waals surface area contributed by atoms with E-state index in [-0.39, 0.29) is 17.6 Å². The predicted octanol–water partition coefficient (Wildman–Crippen LogP) is 3.78. The number of carbonyl (C=O) groups is 1. The van der Waals surface area contributed by atoms with Crippen LogP contribution in [0.25, 0.3) is 11.5 Å². The van der Waals surface area contributed by atoms with E-state index in [4.69, 9.17) is 16.0 Å². The van der Waals surface area contributed by atoms with Crippen molar-refractivity contribution in [3.63, 3.8) is 0 Å². The molecule has 1 aromatic heterocycles. The van der Waals surface area contributed by atoms with Gasteiger partial charge in [-0.3, -0.25) is 4.79 Å². The number of hydrogen-bond donors (Lipinski definition) is 1. The molecule has 3 aromatic rings. The first-order valence-corrected chi connectivity index (χ1v) is 6.66. The highest BCUT2D eigenvalue weighted by Gasteiger charge is 2.16. The number of nitrogens with one attached hydrogen (secondary N) is 1. The largest absolute Gasteiger partial charge is 0.412 e. The number of carbonyl (C=O) groups excluding carboxylic acids is 1. The molecule has 0 saturated carbocycles. The normalized spacial score (nSPS) is 10.5. The molecule has 1 heterocycles. The molecule has 22 heavy (non-hydrogen) atoms. The first-order chi connectivity index (χ1) is 10.6. The highest BCUT2D eigenvalue weighted by atomic mass is 35.5. The number of hydrogen-bond acceptors (Lipinski definition) is 4. The van der Waals surface area contributed by atoms with Crippen molar-refractivity contribution < 1.29 is 13.6 Å². The molecule has 3 rings (SSSR count). The van der Waals surface area contributed by atoms with Gasteiger partial charge in [0, 0.05) is 16.3 Å². The van der Waals surface area contributed by atoms with Crippen LogP contribution in [0.15, 0.2) is 52.9 Å². The van der Waals surface area contributed by atoms with Crippen LogP contribution >= 0.6 is 11.6 Å². The van der Waals surface area contributed by atoms with Crippen molar-refractivity contribution in [2.75, 3.05) is 5.32 Å². The van der Waals surface area contributed by atoms with E-state index in [0.29, 0.717) is 16.3 Å². The summed E-state index contributed by atoms with van der Waals surface area (Å²) in [5, 5.41) is 10.5. The smallest absolute Gasteiger partial charge is 0.313 e. The maximum Gasteiger partial charge on any atom is 0.313 e. The first-order valence-electron chi connectivity index (χ1n) is 6.28. The second-order valence-corrected chi connectivity index (χ2v) is 4.82. The molecule has 0 bridgehead atoms. The number of aromatic nitrogens is 2. The molecular weight excluding hydrogens is 309 g/mol. The Morgan fingerprint density at radius 2 is 1.91 bits per heavy atom. The van der Waals surface area contributed by atoms with Gasteiger partial charge in [-0.25, -0.2) is 4.39 Å². The van der Waals surface area contributed by atoms with E-state index < -0.39 is 5.91 Å². The van der Waals surface area contributed by atoms with Crippen LogP contribution in [0.2, 0.25) is 5.02 Å². The molecule has 5 nitrogen and oxygen atoms in total. The summed E-state index contributed by atoms with van der Waals surface area (Å²) in [6.07, 6.45) is 0. The number of nitrogens with zero attached hydrogens (tertiary/aromatic N) is 2. The zero-order valence-electron chi connectivity index (χ0n) is 11.1. The molecule has 1 amide bonds. The molecule has 7 heteroatoms. The summed E-state index contributed by atoms with van der Waals surface area (Å²) >= 11 is 5.84. The van der Waals surface area contributed by atoms with Gasteiger partial charge in [0.2, 0.25) is 5.89 Å². The standard InChI is InChI=1S/C15H9ClFN3O2/c16-10-2-1-3-12(8-10)18-13(21)15-20-19-14(22-15)9-4-6-11(17)7-5-9/h1-8H,(H,18,21). The number of anilines is 1. The van der Waals surface area contributed by atoms with E-state index in [0.717, 1.165) is 0 Å². The van der Waals surface area contributed by atoms with E-state index in [1.54, 1.807) is 24.3 Å². The molecule has 0 unspecified atom stereocenters. The Bertz CT molecular complexity index is 818. The van der Waals surface area contributed by atoms with Gasteiger partial charge in [-0.05, 0) is 42.5 Å². The SMILES string of the molecule is O=C(Nc1cccc(Cl)c1)c1nnc(-c2ccc(F)cc2)o1. The number of halogens is 2. The Balaban J connectivity index is 1.78. The summed E-state index contributed by atoms with van der Waals surface area (Å²) in [4.78, 5) is 12.0. The number of amides is 1. The third-order valence-corrected chi connectivity index (χ3v) is 3.03. The Labute approximate surface area is 129 Å². The fraction of sp³-hybridized carbons (Fsp3) is 0. The van der Waals surface area contributed by atoms with Crippen LogP contribution in [0.3, 0.4) is 0 Å². The van der Waals surface area contributed by atoms with Crippen molar-refractivity contribution in [1.82, 2.24) is 10.2 Å².